The van der Waals surface area contributed by atoms with Gasteiger partial charge in [0.1, 0.15) is 17.8 Å². The quantitative estimate of drug-likeness (QED) is 0.153. The van der Waals surface area contributed by atoms with Gasteiger partial charge in [-0.25, -0.2) is 0 Å². The lowest BCUT2D eigenvalue weighted by atomic mass is 9.77. The van der Waals surface area contributed by atoms with Gasteiger partial charge in [0.15, 0.2) is 4.77 Å². The molecule has 3 nitrogen and oxygen atoms in total. The minimum absolute atomic E-state index is 0.366. The molecule has 2 fully saturated rings. The monoisotopic (exact) mass is 551 g/mol. The van der Waals surface area contributed by atoms with Crippen molar-refractivity contribution in [2.24, 2.45) is 0 Å². The van der Waals surface area contributed by atoms with Crippen molar-refractivity contribution < 1.29 is 22.5 Å². The van der Waals surface area contributed by atoms with E-state index in [1.54, 1.807) is 0 Å². The van der Waals surface area contributed by atoms with Crippen LogP contribution in [0.25, 0.3) is 0 Å². The highest BCUT2D eigenvalue weighted by molar-refractivity contribution is 8.20. The fourth-order valence-electron chi connectivity index (χ4n) is 5.64. The number of halogens is 3. The molecule has 0 aliphatic heterocycles. The fourth-order valence-corrected chi connectivity index (χ4v) is 7.54. The molecule has 0 spiro atoms. The topological polar surface area (TPSA) is 41.5 Å². The maximum atomic E-state index is 12.4. The average Bonchev–Trinajstić information content (AvgIpc) is 2.86. The van der Waals surface area contributed by atoms with E-state index in [2.05, 4.69) is 30.1 Å². The Morgan fingerprint density at radius 3 is 2.20 bits per heavy atom. The van der Waals surface area contributed by atoms with Crippen molar-refractivity contribution in [3.63, 3.8) is 0 Å². The van der Waals surface area contributed by atoms with Gasteiger partial charge >= 0.3 is 5.51 Å². The molecule has 2 aliphatic carbocycles. The van der Waals surface area contributed by atoms with Gasteiger partial charge < -0.3 is 9.29 Å². The lowest BCUT2D eigenvalue weighted by molar-refractivity contribution is -0.0331. The van der Waals surface area contributed by atoms with E-state index in [0.717, 1.165) is 49.9 Å². The summed E-state index contributed by atoms with van der Waals surface area (Å²) in [7, 11) is 0. The minimum Gasteiger partial charge on any atom is -0.422 e. The Balaban J connectivity index is 1.91. The molecule has 3 rings (SSSR count). The van der Waals surface area contributed by atoms with Gasteiger partial charge in [0.05, 0.1) is 0 Å². The Labute approximate surface area is 222 Å². The Bertz CT molecular complexity index is 743. The summed E-state index contributed by atoms with van der Waals surface area (Å²) >= 11 is 1.07. The Morgan fingerprint density at radius 2 is 1.63 bits per heavy atom. The summed E-state index contributed by atoms with van der Waals surface area (Å²) < 4.78 is 44.5. The molecule has 2 atom stereocenters. The van der Waals surface area contributed by atoms with E-state index in [0.29, 0.717) is 29.7 Å². The van der Waals surface area contributed by atoms with Crippen molar-refractivity contribution >= 4 is 35.9 Å². The summed E-state index contributed by atoms with van der Waals surface area (Å²) in [5.74, 6) is 2.25. The summed E-state index contributed by atoms with van der Waals surface area (Å²) in [6, 6.07) is 4.74. The van der Waals surface area contributed by atoms with Crippen LogP contribution in [0.15, 0.2) is 12.1 Å². The van der Waals surface area contributed by atoms with Crippen molar-refractivity contribution in [1.82, 2.24) is 4.13 Å². The van der Waals surface area contributed by atoms with Crippen LogP contribution in [0.2, 0.25) is 0 Å². The van der Waals surface area contributed by atoms with Crippen LogP contribution in [0.4, 0.5) is 13.2 Å². The van der Waals surface area contributed by atoms with Crippen LogP contribution >= 0.6 is 35.9 Å². The van der Waals surface area contributed by atoms with Gasteiger partial charge in [-0.15, -0.1) is 0 Å². The van der Waals surface area contributed by atoms with E-state index >= 15 is 0 Å². The molecule has 2 aliphatic rings. The number of alkyl halides is 3. The van der Waals surface area contributed by atoms with Crippen LogP contribution in [-0.2, 0) is 0 Å². The molecule has 200 valence electrons. The van der Waals surface area contributed by atoms with Gasteiger partial charge in [-0.3, -0.25) is 0 Å². The van der Waals surface area contributed by atoms with Crippen LogP contribution in [0, 0.1) is 0 Å². The van der Waals surface area contributed by atoms with Crippen LogP contribution in [-0.4, -0.2) is 15.4 Å². The SMILES string of the molecule is CCCC(CC)c1cc(C2CCCCC2)cc(C2CCCCC2)c1OSC(O)SNSC(F)(F)F. The van der Waals surface area contributed by atoms with Gasteiger partial charge in [0, 0.05) is 11.9 Å². The van der Waals surface area contributed by atoms with Gasteiger partial charge in [0.2, 0.25) is 0 Å². The average molecular weight is 552 g/mol. The fraction of sp³-hybridized carbons (Fsp3) is 0.769. The third-order valence-corrected chi connectivity index (χ3v) is 9.48. The van der Waals surface area contributed by atoms with Crippen LogP contribution in [0.1, 0.15) is 132 Å². The number of aliphatic hydroxyl groups is 1. The van der Waals surface area contributed by atoms with E-state index in [-0.39, 0.29) is 11.9 Å². The molecule has 0 radical (unpaired) electrons. The molecule has 2 unspecified atom stereocenters. The summed E-state index contributed by atoms with van der Waals surface area (Å²) in [5.41, 5.74) is -0.492. The van der Waals surface area contributed by atoms with Crippen molar-refractivity contribution in [2.45, 2.75) is 125 Å². The molecule has 0 bridgehead atoms. The van der Waals surface area contributed by atoms with Crippen LogP contribution < -0.4 is 8.31 Å². The molecule has 0 amide bonds. The minimum atomic E-state index is -4.40. The highest BCUT2D eigenvalue weighted by atomic mass is 32.2. The third-order valence-electron chi connectivity index (χ3n) is 7.38. The maximum Gasteiger partial charge on any atom is 0.456 e. The predicted octanol–water partition coefficient (Wildman–Crippen LogP) is 9.78. The largest absolute Gasteiger partial charge is 0.456 e. The Morgan fingerprint density at radius 1 is 1.00 bits per heavy atom. The highest BCUT2D eigenvalue weighted by Gasteiger charge is 2.30. The first-order valence-electron chi connectivity index (χ1n) is 13.2. The van der Waals surface area contributed by atoms with E-state index in [1.807, 2.05) is 0 Å². The van der Waals surface area contributed by atoms with Gasteiger partial charge in [-0.05, 0) is 84.9 Å². The second-order valence-corrected chi connectivity index (χ2v) is 12.9. The number of hydrogen-bond donors (Lipinski definition) is 2. The smallest absolute Gasteiger partial charge is 0.422 e. The standard InChI is InChI=1S/C26H40F3NO2S3/c1-3-11-18(4-2)22-16-21(19-12-7-5-8-13-19)17-23(20-14-9-6-10-15-20)24(22)32-34-25(31)33-30-35-26(27,28)29/h16-20,25,30-31H,3-15H2,1-2H3. The molecule has 2 N–H and O–H groups in total. The second-order valence-electron chi connectivity index (χ2n) is 9.83. The van der Waals surface area contributed by atoms with E-state index in [4.69, 9.17) is 4.18 Å². The first kappa shape index (κ1) is 29.3. The van der Waals surface area contributed by atoms with Crippen LogP contribution in [0.3, 0.4) is 0 Å². The number of rotatable bonds is 12. The first-order chi connectivity index (χ1) is 16.8. The third kappa shape index (κ3) is 9.24. The number of aliphatic hydroxyl groups excluding tert-OH is 1. The number of nitrogens with one attached hydrogen (secondary N) is 1. The van der Waals surface area contributed by atoms with Gasteiger partial charge in [-0.2, -0.15) is 17.3 Å². The molecule has 9 heteroatoms. The van der Waals surface area contributed by atoms with Gasteiger partial charge in [-0.1, -0.05) is 70.9 Å². The summed E-state index contributed by atoms with van der Waals surface area (Å²) in [4.78, 5) is 0. The zero-order valence-electron chi connectivity index (χ0n) is 20.9. The summed E-state index contributed by atoms with van der Waals surface area (Å²) in [5, 5.41) is 10.3. The molecule has 2 saturated carbocycles. The van der Waals surface area contributed by atoms with Crippen molar-refractivity contribution in [2.75, 3.05) is 0 Å². The van der Waals surface area contributed by atoms with Crippen LogP contribution in [0.5, 0.6) is 5.75 Å². The molecule has 0 heterocycles. The van der Waals surface area contributed by atoms with Crippen molar-refractivity contribution in [1.29, 1.82) is 0 Å². The zero-order chi connectivity index (χ0) is 25.3. The molecule has 1 aromatic rings. The normalized spacial score (nSPS) is 20.1. The number of hydrogen-bond acceptors (Lipinski definition) is 6. The van der Waals surface area contributed by atoms with E-state index < -0.39 is 10.3 Å². The zero-order valence-corrected chi connectivity index (χ0v) is 23.3. The molecule has 1 aromatic carbocycles. The lowest BCUT2D eigenvalue weighted by Gasteiger charge is -2.30. The van der Waals surface area contributed by atoms with E-state index in [1.165, 1.54) is 68.1 Å². The molecule has 0 saturated heterocycles. The molecular formula is C26H40F3NO2S3. The number of benzene rings is 1. The lowest BCUT2D eigenvalue weighted by Crippen LogP contribution is -2.14. The van der Waals surface area contributed by atoms with Gasteiger partial charge in [0.25, 0.3) is 0 Å². The first-order valence-corrected chi connectivity index (χ1v) is 15.7. The molecule has 0 aromatic heterocycles. The maximum absolute atomic E-state index is 12.4. The summed E-state index contributed by atoms with van der Waals surface area (Å²) in [6.07, 6.45) is 15.5. The van der Waals surface area contributed by atoms with E-state index in [9.17, 15) is 18.3 Å². The molecule has 35 heavy (non-hydrogen) atoms. The Hall–Kier alpha value is -0.220. The second kappa shape index (κ2) is 14.6. The predicted molar refractivity (Wildman–Crippen MR) is 145 cm³/mol. The summed E-state index contributed by atoms with van der Waals surface area (Å²) in [6.45, 7) is 4.42. The molecular weight excluding hydrogens is 511 g/mol. The Kier molecular flexibility index (Phi) is 12.3. The highest BCUT2D eigenvalue weighted by Crippen LogP contribution is 2.47. The van der Waals surface area contributed by atoms with Crippen molar-refractivity contribution in [3.05, 3.63) is 28.8 Å². The van der Waals surface area contributed by atoms with Crippen molar-refractivity contribution in [3.8, 4) is 5.75 Å².